The van der Waals surface area contributed by atoms with Crippen LogP contribution in [0.5, 0.6) is 0 Å². The molecule has 0 aliphatic rings. The number of carboxylic acid groups (broad SMARTS) is 4. The Hall–Kier alpha value is -3.75. The predicted octanol–water partition coefficient (Wildman–Crippen LogP) is -3.31. The zero-order valence-electron chi connectivity index (χ0n) is 16.4. The number of aliphatic carboxylic acids is 4. The maximum atomic E-state index is 12.3. The van der Waals surface area contributed by atoms with E-state index in [1.54, 1.807) is 0 Å². The molecule has 0 saturated heterocycles. The summed E-state index contributed by atoms with van der Waals surface area (Å²) in [6.07, 6.45) is -2.65. The standard InChI is InChI=1S/C16H24N4O11/c1-6(13(27)19-8(16(30)31)2-3-10(21)22)18-15(29)9(5-12(25)26)20-14(28)7(17)4-11(23)24/h6-9H,2-5,17H2,1H3,(H,18,29)(H,19,27)(H,20,28)(H,21,22)(H,23,24)(H,25,26)(H,30,31). The topological polar surface area (TPSA) is 263 Å². The first kappa shape index (κ1) is 27.2. The van der Waals surface area contributed by atoms with E-state index in [0.717, 1.165) is 6.92 Å². The molecule has 0 saturated carbocycles. The largest absolute Gasteiger partial charge is 0.481 e. The lowest BCUT2D eigenvalue weighted by Crippen LogP contribution is -2.56. The highest BCUT2D eigenvalue weighted by molar-refractivity contribution is 5.96. The van der Waals surface area contributed by atoms with E-state index in [0.29, 0.717) is 0 Å². The maximum Gasteiger partial charge on any atom is 0.326 e. The fraction of sp³-hybridized carbons (Fsp3) is 0.562. The van der Waals surface area contributed by atoms with Crippen LogP contribution in [0.3, 0.4) is 0 Å². The van der Waals surface area contributed by atoms with Crippen LogP contribution in [-0.2, 0) is 33.6 Å². The molecule has 3 amide bonds. The molecule has 0 aliphatic carbocycles. The van der Waals surface area contributed by atoms with E-state index in [2.05, 4.69) is 5.32 Å². The van der Waals surface area contributed by atoms with Crippen molar-refractivity contribution < 1.29 is 54.0 Å². The van der Waals surface area contributed by atoms with Crippen molar-refractivity contribution in [2.45, 2.75) is 56.8 Å². The summed E-state index contributed by atoms with van der Waals surface area (Å²) >= 11 is 0. The summed E-state index contributed by atoms with van der Waals surface area (Å²) in [7, 11) is 0. The molecule has 0 fully saturated rings. The van der Waals surface area contributed by atoms with E-state index in [4.69, 9.17) is 26.2 Å². The minimum absolute atomic E-state index is 0.420. The van der Waals surface area contributed by atoms with Gasteiger partial charge in [-0.25, -0.2) is 4.79 Å². The summed E-state index contributed by atoms with van der Waals surface area (Å²) in [5, 5.41) is 41.3. The van der Waals surface area contributed by atoms with Crippen molar-refractivity contribution in [1.82, 2.24) is 16.0 Å². The molecule has 0 aromatic rings. The molecule has 0 spiro atoms. The molecule has 9 N–H and O–H groups in total. The minimum atomic E-state index is -1.71. The normalized spacial score (nSPS) is 14.3. The van der Waals surface area contributed by atoms with Crippen LogP contribution in [-0.4, -0.2) is 86.2 Å². The van der Waals surface area contributed by atoms with Crippen molar-refractivity contribution in [3.8, 4) is 0 Å². The Balaban J connectivity index is 5.09. The Kier molecular flexibility index (Phi) is 11.2. The molecule has 0 aliphatic heterocycles. The third-order valence-corrected chi connectivity index (χ3v) is 3.76. The number of hydrogen-bond donors (Lipinski definition) is 8. The summed E-state index contributed by atoms with van der Waals surface area (Å²) in [6.45, 7) is 1.14. The van der Waals surface area contributed by atoms with Gasteiger partial charge in [0.2, 0.25) is 17.7 Å². The second-order valence-corrected chi connectivity index (χ2v) is 6.43. The minimum Gasteiger partial charge on any atom is -0.481 e. The number of carbonyl (C=O) groups is 7. The average Bonchev–Trinajstić information content (AvgIpc) is 2.62. The van der Waals surface area contributed by atoms with Crippen molar-refractivity contribution in [3.05, 3.63) is 0 Å². The van der Waals surface area contributed by atoms with Gasteiger partial charge in [0.25, 0.3) is 0 Å². The highest BCUT2D eigenvalue weighted by Crippen LogP contribution is 2.01. The van der Waals surface area contributed by atoms with Gasteiger partial charge in [-0.05, 0) is 13.3 Å². The highest BCUT2D eigenvalue weighted by atomic mass is 16.4. The number of hydrogen-bond acceptors (Lipinski definition) is 8. The molecule has 0 radical (unpaired) electrons. The summed E-state index contributed by atoms with van der Waals surface area (Å²) in [5.74, 6) is -8.92. The van der Waals surface area contributed by atoms with Crippen molar-refractivity contribution in [3.63, 3.8) is 0 Å². The zero-order chi connectivity index (χ0) is 24.3. The third kappa shape index (κ3) is 11.1. The van der Waals surface area contributed by atoms with Gasteiger partial charge < -0.3 is 42.1 Å². The molecule has 174 valence electrons. The van der Waals surface area contributed by atoms with Gasteiger partial charge in [-0.1, -0.05) is 0 Å². The van der Waals surface area contributed by atoms with Gasteiger partial charge in [0.1, 0.15) is 18.1 Å². The smallest absolute Gasteiger partial charge is 0.326 e. The first-order valence-electron chi connectivity index (χ1n) is 8.79. The van der Waals surface area contributed by atoms with Crippen LogP contribution in [0.15, 0.2) is 0 Å². The Morgan fingerprint density at radius 1 is 0.710 bits per heavy atom. The van der Waals surface area contributed by atoms with Crippen LogP contribution in [0, 0.1) is 0 Å². The van der Waals surface area contributed by atoms with Crippen molar-refractivity contribution in [2.75, 3.05) is 0 Å². The monoisotopic (exact) mass is 448 g/mol. The highest BCUT2D eigenvalue weighted by Gasteiger charge is 2.30. The number of nitrogens with two attached hydrogens (primary N) is 1. The van der Waals surface area contributed by atoms with Gasteiger partial charge in [-0.3, -0.25) is 28.8 Å². The number of rotatable bonds is 14. The average molecular weight is 448 g/mol. The molecule has 0 rings (SSSR count). The van der Waals surface area contributed by atoms with E-state index >= 15 is 0 Å². The molecule has 15 heteroatoms. The lowest BCUT2D eigenvalue weighted by Gasteiger charge is -2.22. The molecular weight excluding hydrogens is 424 g/mol. The lowest BCUT2D eigenvalue weighted by atomic mass is 10.1. The van der Waals surface area contributed by atoms with Crippen LogP contribution >= 0.6 is 0 Å². The molecule has 15 nitrogen and oxygen atoms in total. The van der Waals surface area contributed by atoms with E-state index in [9.17, 15) is 33.6 Å². The van der Waals surface area contributed by atoms with Crippen LogP contribution in [0.4, 0.5) is 0 Å². The third-order valence-electron chi connectivity index (χ3n) is 3.76. The van der Waals surface area contributed by atoms with Gasteiger partial charge in [0, 0.05) is 6.42 Å². The fourth-order valence-corrected chi connectivity index (χ4v) is 2.14. The summed E-state index contributed by atoms with van der Waals surface area (Å²) in [4.78, 5) is 79.5. The van der Waals surface area contributed by atoms with E-state index in [-0.39, 0.29) is 0 Å². The molecular formula is C16H24N4O11. The lowest BCUT2D eigenvalue weighted by molar-refractivity contribution is -0.144. The molecule has 0 aromatic carbocycles. The molecule has 4 unspecified atom stereocenters. The second kappa shape index (κ2) is 12.7. The first-order chi connectivity index (χ1) is 14.2. The zero-order valence-corrected chi connectivity index (χ0v) is 16.4. The van der Waals surface area contributed by atoms with Gasteiger partial charge in [0.15, 0.2) is 0 Å². The molecule has 0 aromatic heterocycles. The Labute approximate surface area is 175 Å². The number of carbonyl (C=O) groups excluding carboxylic acids is 3. The van der Waals surface area contributed by atoms with E-state index < -0.39 is 91.4 Å². The number of carboxylic acids is 4. The van der Waals surface area contributed by atoms with Crippen molar-refractivity contribution in [2.24, 2.45) is 5.73 Å². The van der Waals surface area contributed by atoms with Crippen LogP contribution in [0.25, 0.3) is 0 Å². The maximum absolute atomic E-state index is 12.3. The van der Waals surface area contributed by atoms with E-state index in [1.165, 1.54) is 0 Å². The fourth-order valence-electron chi connectivity index (χ4n) is 2.14. The number of amides is 3. The summed E-state index contributed by atoms with van der Waals surface area (Å²) in [5.41, 5.74) is 5.35. The number of nitrogens with one attached hydrogen (secondary N) is 3. The van der Waals surface area contributed by atoms with Crippen molar-refractivity contribution in [1.29, 1.82) is 0 Å². The molecule has 4 atom stereocenters. The quantitative estimate of drug-likeness (QED) is 0.130. The second-order valence-electron chi connectivity index (χ2n) is 6.43. The van der Waals surface area contributed by atoms with E-state index in [1.807, 2.05) is 10.6 Å². The molecule has 31 heavy (non-hydrogen) atoms. The first-order valence-corrected chi connectivity index (χ1v) is 8.79. The molecule has 0 heterocycles. The van der Waals surface area contributed by atoms with Gasteiger partial charge in [-0.15, -0.1) is 0 Å². The summed E-state index contributed by atoms with van der Waals surface area (Å²) < 4.78 is 0. The summed E-state index contributed by atoms with van der Waals surface area (Å²) in [6, 6.07) is -6.21. The van der Waals surface area contributed by atoms with Crippen LogP contribution in [0.2, 0.25) is 0 Å². The van der Waals surface area contributed by atoms with Gasteiger partial charge >= 0.3 is 23.9 Å². The Bertz CT molecular complexity index is 739. The van der Waals surface area contributed by atoms with Crippen LogP contribution in [0.1, 0.15) is 32.6 Å². The van der Waals surface area contributed by atoms with Crippen molar-refractivity contribution >= 4 is 41.6 Å². The Morgan fingerprint density at radius 3 is 1.68 bits per heavy atom. The van der Waals surface area contributed by atoms with Crippen LogP contribution < -0.4 is 21.7 Å². The van der Waals surface area contributed by atoms with Gasteiger partial charge in [-0.2, -0.15) is 0 Å². The SMILES string of the molecule is CC(NC(=O)C(CC(=O)O)NC(=O)C(N)CC(=O)O)C(=O)NC(CCC(=O)O)C(=O)O. The Morgan fingerprint density at radius 2 is 1.23 bits per heavy atom. The molecule has 0 bridgehead atoms. The van der Waals surface area contributed by atoms with Gasteiger partial charge in [0.05, 0.1) is 18.9 Å². The predicted molar refractivity (Wildman–Crippen MR) is 98.5 cm³/mol.